The van der Waals surface area contributed by atoms with Gasteiger partial charge in [0.2, 0.25) is 0 Å². The largest absolute Gasteiger partial charge is 0.444 e. The molecule has 2 aromatic rings. The maximum absolute atomic E-state index is 13.9. The van der Waals surface area contributed by atoms with Gasteiger partial charge in [0.25, 0.3) is 0 Å². The van der Waals surface area contributed by atoms with Crippen molar-refractivity contribution < 1.29 is 13.9 Å². The molecule has 4 nitrogen and oxygen atoms in total. The second-order valence-corrected chi connectivity index (χ2v) is 7.35. The van der Waals surface area contributed by atoms with E-state index in [1.807, 2.05) is 40.0 Å². The molecule has 1 amide bonds. The van der Waals surface area contributed by atoms with Crippen LogP contribution >= 0.6 is 0 Å². The minimum Gasteiger partial charge on any atom is -0.444 e. The highest BCUT2D eigenvalue weighted by atomic mass is 19.1. The van der Waals surface area contributed by atoms with E-state index >= 15 is 0 Å². The van der Waals surface area contributed by atoms with Crippen molar-refractivity contribution in [3.05, 3.63) is 35.8 Å². The quantitative estimate of drug-likeness (QED) is 0.792. The summed E-state index contributed by atoms with van der Waals surface area (Å²) < 4.78 is 21.4. The van der Waals surface area contributed by atoms with Crippen molar-refractivity contribution in [1.29, 1.82) is 0 Å². The zero-order valence-corrected chi connectivity index (χ0v) is 14.3. The maximum atomic E-state index is 13.9. The molecular formula is C18H23FN2O2. The predicted molar refractivity (Wildman–Crippen MR) is 88.1 cm³/mol. The highest BCUT2D eigenvalue weighted by Gasteiger charge is 2.34. The van der Waals surface area contributed by atoms with E-state index in [-0.39, 0.29) is 23.9 Å². The Balaban J connectivity index is 1.94. The average Bonchev–Trinajstić information content (AvgIpc) is 2.83. The average molecular weight is 318 g/mol. The summed E-state index contributed by atoms with van der Waals surface area (Å²) in [5, 5.41) is 0.908. The summed E-state index contributed by atoms with van der Waals surface area (Å²) in [6.45, 7) is 8.27. The van der Waals surface area contributed by atoms with Gasteiger partial charge in [-0.1, -0.05) is 6.92 Å². The van der Waals surface area contributed by atoms with Gasteiger partial charge < -0.3 is 14.2 Å². The number of carbonyl (C=O) groups excluding carboxylic acids is 1. The Kier molecular flexibility index (Phi) is 3.62. The van der Waals surface area contributed by atoms with Gasteiger partial charge in [-0.25, -0.2) is 9.18 Å². The molecule has 0 saturated heterocycles. The first-order valence-corrected chi connectivity index (χ1v) is 7.91. The molecule has 0 radical (unpaired) electrons. The van der Waals surface area contributed by atoms with E-state index in [2.05, 4.69) is 4.57 Å². The van der Waals surface area contributed by atoms with Gasteiger partial charge in [0.05, 0.1) is 11.6 Å². The second-order valence-electron chi connectivity index (χ2n) is 7.35. The molecule has 0 spiro atoms. The van der Waals surface area contributed by atoms with Crippen LogP contribution in [0.4, 0.5) is 9.18 Å². The van der Waals surface area contributed by atoms with Gasteiger partial charge in [0.1, 0.15) is 11.4 Å². The van der Waals surface area contributed by atoms with E-state index in [1.54, 1.807) is 24.1 Å². The molecular weight excluding hydrogens is 295 g/mol. The first-order chi connectivity index (χ1) is 10.7. The summed E-state index contributed by atoms with van der Waals surface area (Å²) in [6.07, 6.45) is 1.60. The van der Waals surface area contributed by atoms with E-state index in [9.17, 15) is 9.18 Å². The van der Waals surface area contributed by atoms with Crippen LogP contribution in [0.1, 0.15) is 39.2 Å². The molecule has 2 heterocycles. The lowest BCUT2D eigenvalue weighted by molar-refractivity contribution is 0.0181. The van der Waals surface area contributed by atoms with Crippen LogP contribution in [0.25, 0.3) is 10.9 Å². The van der Waals surface area contributed by atoms with E-state index in [0.29, 0.717) is 6.54 Å². The molecule has 0 N–H and O–H groups in total. The lowest BCUT2D eigenvalue weighted by Gasteiger charge is -2.38. The van der Waals surface area contributed by atoms with Crippen molar-refractivity contribution in [1.82, 2.24) is 9.47 Å². The fraction of sp³-hybridized carbons (Fsp3) is 0.500. The molecule has 1 aromatic carbocycles. The number of nitrogens with zero attached hydrogens (tertiary/aromatic N) is 2. The lowest BCUT2D eigenvalue weighted by Crippen LogP contribution is -2.46. The number of halogens is 1. The first-order valence-electron chi connectivity index (χ1n) is 7.91. The van der Waals surface area contributed by atoms with E-state index in [1.165, 1.54) is 0 Å². The number of hydrogen-bond donors (Lipinski definition) is 0. The molecule has 0 saturated carbocycles. The van der Waals surface area contributed by atoms with Gasteiger partial charge in [0.15, 0.2) is 0 Å². The third-order valence-corrected chi connectivity index (χ3v) is 4.49. The fourth-order valence-electron chi connectivity index (χ4n) is 3.34. The second kappa shape index (κ2) is 5.25. The Bertz CT molecular complexity index is 760. The van der Waals surface area contributed by atoms with E-state index in [4.69, 9.17) is 4.74 Å². The predicted octanol–water partition coefficient (Wildman–Crippen LogP) is 4.13. The summed E-state index contributed by atoms with van der Waals surface area (Å²) in [5.74, 6) is -0.203. The number of aromatic nitrogens is 1. The van der Waals surface area contributed by atoms with Crippen LogP contribution < -0.4 is 0 Å². The molecule has 5 heteroatoms. The van der Waals surface area contributed by atoms with Gasteiger partial charge in [-0.05, 0) is 44.5 Å². The minimum atomic E-state index is -0.534. The lowest BCUT2D eigenvalue weighted by atomic mass is 9.88. The van der Waals surface area contributed by atoms with E-state index < -0.39 is 5.60 Å². The van der Waals surface area contributed by atoms with Crippen LogP contribution in [0.2, 0.25) is 0 Å². The Hall–Kier alpha value is -2.04. The van der Waals surface area contributed by atoms with Crippen molar-refractivity contribution >= 4 is 17.0 Å². The molecule has 0 bridgehead atoms. The number of amides is 1. The third-order valence-electron chi connectivity index (χ3n) is 4.49. The molecule has 2 atom stereocenters. The van der Waals surface area contributed by atoms with Crippen molar-refractivity contribution in [2.24, 2.45) is 0 Å². The van der Waals surface area contributed by atoms with Crippen LogP contribution in [0.5, 0.6) is 0 Å². The Morgan fingerprint density at radius 2 is 2.09 bits per heavy atom. The molecule has 1 aromatic heterocycles. The summed E-state index contributed by atoms with van der Waals surface area (Å²) in [7, 11) is 1.75. The Morgan fingerprint density at radius 3 is 2.74 bits per heavy atom. The number of hydrogen-bond acceptors (Lipinski definition) is 2. The van der Waals surface area contributed by atoms with Crippen molar-refractivity contribution in [2.75, 3.05) is 7.05 Å². The topological polar surface area (TPSA) is 34.5 Å². The Labute approximate surface area is 135 Å². The highest BCUT2D eigenvalue weighted by molar-refractivity contribution is 5.85. The zero-order chi connectivity index (χ0) is 16.9. The molecule has 0 fully saturated rings. The van der Waals surface area contributed by atoms with Gasteiger partial charge >= 0.3 is 6.09 Å². The fourth-order valence-corrected chi connectivity index (χ4v) is 3.34. The van der Waals surface area contributed by atoms with E-state index in [0.717, 1.165) is 16.5 Å². The standard InChI is InChI=1S/C18H23FN2O2/c1-11-14-9-13(19)8-12-6-7-21(16(12)14)10-15(11)20(5)17(22)23-18(2,3)4/h6-9,11,15H,10H2,1-5H3/t11-,15-/m1/s1. The number of rotatable bonds is 1. The van der Waals surface area contributed by atoms with Gasteiger partial charge in [-0.3, -0.25) is 0 Å². The van der Waals surface area contributed by atoms with Crippen LogP contribution in [-0.4, -0.2) is 34.3 Å². The zero-order valence-electron chi connectivity index (χ0n) is 14.3. The number of benzene rings is 1. The molecule has 1 aliphatic heterocycles. The smallest absolute Gasteiger partial charge is 0.410 e. The highest BCUT2D eigenvalue weighted by Crippen LogP contribution is 2.36. The normalized spacial score (nSPS) is 20.6. The maximum Gasteiger partial charge on any atom is 0.410 e. The van der Waals surface area contributed by atoms with Gasteiger partial charge in [-0.2, -0.15) is 0 Å². The van der Waals surface area contributed by atoms with Crippen LogP contribution in [0.3, 0.4) is 0 Å². The molecule has 124 valence electrons. The first kappa shape index (κ1) is 15.8. The molecule has 3 rings (SSSR count). The van der Waals surface area contributed by atoms with Gasteiger partial charge in [0, 0.05) is 31.1 Å². The minimum absolute atomic E-state index is 0.0353. The number of ether oxygens (including phenoxy) is 1. The molecule has 23 heavy (non-hydrogen) atoms. The van der Waals surface area contributed by atoms with Crippen molar-refractivity contribution in [3.63, 3.8) is 0 Å². The van der Waals surface area contributed by atoms with Crippen molar-refractivity contribution in [2.45, 2.75) is 51.8 Å². The van der Waals surface area contributed by atoms with Gasteiger partial charge in [-0.15, -0.1) is 0 Å². The number of carbonyl (C=O) groups is 1. The Morgan fingerprint density at radius 1 is 1.39 bits per heavy atom. The van der Waals surface area contributed by atoms with Crippen LogP contribution in [0.15, 0.2) is 24.4 Å². The summed E-state index contributed by atoms with van der Waals surface area (Å²) in [4.78, 5) is 14.0. The third kappa shape index (κ3) is 2.80. The van der Waals surface area contributed by atoms with Crippen molar-refractivity contribution in [3.8, 4) is 0 Å². The monoisotopic (exact) mass is 318 g/mol. The molecule has 0 aliphatic carbocycles. The molecule has 0 unspecified atom stereocenters. The van der Waals surface area contributed by atoms with Crippen LogP contribution in [0, 0.1) is 5.82 Å². The summed E-state index contributed by atoms with van der Waals surface area (Å²) in [5.41, 5.74) is 1.47. The number of likely N-dealkylation sites (N-methyl/N-ethyl adjacent to an activating group) is 1. The van der Waals surface area contributed by atoms with Crippen LogP contribution in [-0.2, 0) is 11.3 Å². The molecule has 1 aliphatic rings. The summed E-state index contributed by atoms with van der Waals surface area (Å²) in [6, 6.07) is 4.98. The summed E-state index contributed by atoms with van der Waals surface area (Å²) >= 11 is 0. The SMILES string of the molecule is C[C@@H]1c2cc(F)cc3ccn(c23)C[C@H]1N(C)C(=O)OC(C)(C)C.